The van der Waals surface area contributed by atoms with Gasteiger partial charge in [0.15, 0.2) is 0 Å². The highest BCUT2D eigenvalue weighted by Gasteiger charge is 2.43. The Labute approximate surface area is 169 Å². The smallest absolute Gasteiger partial charge is 0.399 e. The van der Waals surface area contributed by atoms with E-state index in [1.54, 1.807) is 25.9 Å². The molecule has 0 rings (SSSR count). The second kappa shape index (κ2) is 14.0. The number of carbonyl (C=O) groups is 1. The molecule has 11 nitrogen and oxygen atoms in total. The predicted octanol–water partition coefficient (Wildman–Crippen LogP) is -2.03. The third-order valence-electron chi connectivity index (χ3n) is 4.39. The van der Waals surface area contributed by atoms with Gasteiger partial charge in [-0.25, -0.2) is 14.6 Å². The van der Waals surface area contributed by atoms with E-state index in [0.717, 1.165) is 13.0 Å². The Bertz CT molecular complexity index is 427. The number of hydrogen-bond donors (Lipinski definition) is 7. The summed E-state index contributed by atoms with van der Waals surface area (Å²) in [5.41, 5.74) is 11.0. The molecule has 0 spiro atoms. The monoisotopic (exact) mass is 406 g/mol. The lowest BCUT2D eigenvalue weighted by Gasteiger charge is -2.47. The van der Waals surface area contributed by atoms with Crippen molar-refractivity contribution in [1.82, 2.24) is 31.1 Å². The van der Waals surface area contributed by atoms with Crippen LogP contribution in [0, 0.1) is 0 Å². The normalized spacial score (nSPS) is 17.4. The number of nitrogens with one attached hydrogen (secondary N) is 4. The maximum absolute atomic E-state index is 11.6. The van der Waals surface area contributed by atoms with Crippen molar-refractivity contribution < 1.29 is 14.6 Å². The summed E-state index contributed by atoms with van der Waals surface area (Å²) in [5, 5.41) is 23.1. The average molecular weight is 407 g/mol. The maximum Gasteiger partial charge on any atom is 0.408 e. The number of hydrogen-bond acceptors (Lipinski definition) is 10. The molecule has 0 aromatic rings. The van der Waals surface area contributed by atoms with E-state index < -0.39 is 18.2 Å². The zero-order chi connectivity index (χ0) is 21.7. The molecule has 0 fully saturated rings. The lowest BCUT2D eigenvalue weighted by molar-refractivity contribution is -0.220. The van der Waals surface area contributed by atoms with Crippen molar-refractivity contribution in [2.75, 3.05) is 53.9 Å². The summed E-state index contributed by atoms with van der Waals surface area (Å²) >= 11 is 0. The fraction of sp³-hybridized carbons (Fsp3) is 0.941. The van der Waals surface area contributed by atoms with E-state index in [9.17, 15) is 9.90 Å². The van der Waals surface area contributed by atoms with Crippen molar-refractivity contribution >= 4 is 6.09 Å². The predicted molar refractivity (Wildman–Crippen MR) is 111 cm³/mol. The van der Waals surface area contributed by atoms with Gasteiger partial charge in [-0.05, 0) is 41.0 Å². The second-order valence-electron chi connectivity index (χ2n) is 6.86. The molecule has 0 aliphatic heterocycles. The minimum absolute atomic E-state index is 0.209. The number of nitrogens with two attached hydrogens (primary N) is 2. The van der Waals surface area contributed by atoms with Crippen LogP contribution in [0.25, 0.3) is 0 Å². The Morgan fingerprint density at radius 2 is 1.93 bits per heavy atom. The molecule has 9 N–H and O–H groups in total. The van der Waals surface area contributed by atoms with E-state index in [2.05, 4.69) is 28.2 Å². The first kappa shape index (κ1) is 27.0. The van der Waals surface area contributed by atoms with E-state index in [4.69, 9.17) is 16.2 Å². The van der Waals surface area contributed by atoms with Gasteiger partial charge < -0.3 is 26.6 Å². The first-order valence-corrected chi connectivity index (χ1v) is 9.89. The molecule has 0 heterocycles. The van der Waals surface area contributed by atoms with Gasteiger partial charge in [-0.2, -0.15) is 0 Å². The molecule has 11 heteroatoms. The van der Waals surface area contributed by atoms with Crippen molar-refractivity contribution in [3.8, 4) is 0 Å². The zero-order valence-electron chi connectivity index (χ0n) is 18.3. The van der Waals surface area contributed by atoms with E-state index in [1.807, 2.05) is 18.9 Å². The summed E-state index contributed by atoms with van der Waals surface area (Å²) < 4.78 is 5.52. The highest BCUT2D eigenvalue weighted by atomic mass is 16.6. The molecule has 0 saturated heterocycles. The van der Waals surface area contributed by atoms with Crippen LogP contribution in [0.15, 0.2) is 0 Å². The van der Waals surface area contributed by atoms with Gasteiger partial charge in [-0.3, -0.25) is 16.0 Å². The quantitative estimate of drug-likeness (QED) is 0.143. The lowest BCUT2D eigenvalue weighted by Crippen LogP contribution is -2.72. The van der Waals surface area contributed by atoms with Crippen molar-refractivity contribution in [2.45, 2.75) is 51.6 Å². The highest BCUT2D eigenvalue weighted by Crippen LogP contribution is 2.17. The number of aliphatic hydroxyl groups is 1. The van der Waals surface area contributed by atoms with E-state index >= 15 is 0 Å². The molecule has 28 heavy (non-hydrogen) atoms. The van der Waals surface area contributed by atoms with Gasteiger partial charge >= 0.3 is 6.09 Å². The van der Waals surface area contributed by atoms with Gasteiger partial charge in [-0.15, -0.1) is 0 Å². The Kier molecular flexibility index (Phi) is 13.5. The molecular weight excluding hydrogens is 364 g/mol. The minimum Gasteiger partial charge on any atom is -0.399 e. The van der Waals surface area contributed by atoms with Crippen LogP contribution in [0.4, 0.5) is 4.79 Å². The van der Waals surface area contributed by atoms with Crippen molar-refractivity contribution in [1.29, 1.82) is 0 Å². The molecule has 4 unspecified atom stereocenters. The summed E-state index contributed by atoms with van der Waals surface area (Å²) in [6.45, 7) is 8.34. The first-order chi connectivity index (χ1) is 13.2. The molecular formula is C17H42N8O3. The highest BCUT2D eigenvalue weighted by molar-refractivity contribution is 5.65. The van der Waals surface area contributed by atoms with Crippen LogP contribution in [-0.4, -0.2) is 99.3 Å². The summed E-state index contributed by atoms with van der Waals surface area (Å²) in [4.78, 5) is 15.3. The van der Waals surface area contributed by atoms with Crippen LogP contribution in [0.2, 0.25) is 0 Å². The Morgan fingerprint density at radius 3 is 2.32 bits per heavy atom. The summed E-state index contributed by atoms with van der Waals surface area (Å²) in [6.07, 6.45) is -1.03. The number of amides is 1. The fourth-order valence-electron chi connectivity index (χ4n) is 2.92. The molecule has 0 radical (unpaired) electrons. The minimum atomic E-state index is -1.26. The van der Waals surface area contributed by atoms with Gasteiger partial charge in [0.2, 0.25) is 0 Å². The van der Waals surface area contributed by atoms with Crippen LogP contribution in [0.5, 0.6) is 0 Å². The fourth-order valence-corrected chi connectivity index (χ4v) is 2.92. The molecule has 0 aromatic carbocycles. The second-order valence-corrected chi connectivity index (χ2v) is 6.86. The van der Waals surface area contributed by atoms with E-state index in [1.165, 1.54) is 0 Å². The van der Waals surface area contributed by atoms with Gasteiger partial charge in [0.25, 0.3) is 5.97 Å². The number of rotatable bonds is 16. The molecule has 0 aliphatic carbocycles. The zero-order valence-corrected chi connectivity index (χ0v) is 18.3. The Morgan fingerprint density at radius 1 is 1.29 bits per heavy atom. The Balaban J connectivity index is 5.52. The van der Waals surface area contributed by atoms with Crippen LogP contribution in [-0.2, 0) is 4.74 Å². The molecule has 1 amide bonds. The molecule has 0 aliphatic rings. The third kappa shape index (κ3) is 8.53. The molecule has 0 bridgehead atoms. The number of ether oxygens (including phenoxy) is 1. The summed E-state index contributed by atoms with van der Waals surface area (Å²) in [7, 11) is 5.40. The molecule has 0 aromatic heterocycles. The van der Waals surface area contributed by atoms with Crippen LogP contribution in [0.3, 0.4) is 0 Å². The van der Waals surface area contributed by atoms with Gasteiger partial charge in [0.05, 0.1) is 18.4 Å². The number of primary amides is 1. The molecule has 168 valence electrons. The maximum atomic E-state index is 11.6. The van der Waals surface area contributed by atoms with Crippen LogP contribution in [0.1, 0.15) is 27.2 Å². The number of aliphatic hydroxyl groups excluding tert-OH is 1. The standard InChI is InChI=1S/C17H42N8O3/c1-7-10-21-15(13(3)26)23-14(20-4)12-25(8-2)17(24(5)6,22-11-9-18)28-16(19)27/h13-15,20-23,26H,7-12,18H2,1-6H3,(H2,19,27). The van der Waals surface area contributed by atoms with Crippen molar-refractivity contribution in [3.63, 3.8) is 0 Å². The first-order valence-electron chi connectivity index (χ1n) is 9.89. The average Bonchev–Trinajstić information content (AvgIpc) is 2.64. The SMILES string of the molecule is CCCNC(NC(CN(CC)C(NCCN)(OC(N)=O)N(C)C)NC)C(C)O. The number of likely N-dealkylation sites (N-methyl/N-ethyl adjacent to an activating group) is 2. The lowest BCUT2D eigenvalue weighted by atomic mass is 10.2. The van der Waals surface area contributed by atoms with Crippen molar-refractivity contribution in [2.24, 2.45) is 11.5 Å². The third-order valence-corrected chi connectivity index (χ3v) is 4.39. The van der Waals surface area contributed by atoms with Crippen molar-refractivity contribution in [3.05, 3.63) is 0 Å². The van der Waals surface area contributed by atoms with Gasteiger partial charge in [-0.1, -0.05) is 13.8 Å². The summed E-state index contributed by atoms with van der Waals surface area (Å²) in [5.74, 6) is -1.26. The molecule has 0 saturated carbocycles. The van der Waals surface area contributed by atoms with Gasteiger partial charge in [0.1, 0.15) is 0 Å². The molecule has 4 atom stereocenters. The van der Waals surface area contributed by atoms with E-state index in [0.29, 0.717) is 26.2 Å². The largest absolute Gasteiger partial charge is 0.408 e. The number of carbonyl (C=O) groups excluding carboxylic acids is 1. The van der Waals surface area contributed by atoms with E-state index in [-0.39, 0.29) is 12.3 Å². The summed E-state index contributed by atoms with van der Waals surface area (Å²) in [6, 6.07) is 0. The Hall–Kier alpha value is -1.05. The van der Waals surface area contributed by atoms with Gasteiger partial charge in [0, 0.05) is 26.2 Å². The topological polar surface area (TPSA) is 153 Å². The van der Waals surface area contributed by atoms with Crippen LogP contribution >= 0.6 is 0 Å². The van der Waals surface area contributed by atoms with Crippen LogP contribution < -0.4 is 32.7 Å². The number of nitrogens with zero attached hydrogens (tertiary/aromatic N) is 2.